The minimum absolute atomic E-state index is 0.00690. The number of carbonyl (C=O) groups is 6. The van der Waals surface area contributed by atoms with Gasteiger partial charge in [0.05, 0.1) is 0 Å². The predicted molar refractivity (Wildman–Crippen MR) is 214 cm³/mol. The Kier molecular flexibility index (Phi) is 19.3. The van der Waals surface area contributed by atoms with Crippen LogP contribution in [-0.4, -0.2) is 93.9 Å². The van der Waals surface area contributed by atoms with Crippen molar-refractivity contribution >= 4 is 35.5 Å². The summed E-state index contributed by atoms with van der Waals surface area (Å²) in [5, 5.41) is 31.7. The first kappa shape index (κ1) is 45.9. The molecule has 0 aliphatic carbocycles. The number of phenolic OH excluding ortho intramolecular Hbond substituents is 1. The standard InChI is InChI=1S/C42H66N6O8/c1-5-28(4)37(40(53)46-33(42(55)56)24-27(2)3)47-38(51)32-26-29-20-21-35(49)30(25-29)16-11-9-7-6-8-10-12-19-36(50)44-31(17-13-14-22-43)41(54)48-23-15-18-34(48)39(52)45-32/h9,11,20-21,25,27-28,31-34,37,49H,5-8,10,12-19,22-24,26,43H2,1-4H3,(H,44,50)(H,45,52)(H,46,53)(H,47,51)(H,55,56)/t28-,31+,32+,33-,34-,37-/m0/s1. The largest absolute Gasteiger partial charge is 0.508 e. The minimum atomic E-state index is -1.20. The molecule has 2 bridgehead atoms. The van der Waals surface area contributed by atoms with Crippen LogP contribution in [0.15, 0.2) is 30.4 Å². The fourth-order valence-electron chi connectivity index (χ4n) is 7.30. The number of hydrogen-bond acceptors (Lipinski definition) is 8. The second kappa shape index (κ2) is 23.6. The molecule has 2 aliphatic rings. The number of aromatic hydroxyl groups is 1. The third-order valence-corrected chi connectivity index (χ3v) is 10.8. The van der Waals surface area contributed by atoms with Crippen LogP contribution in [-0.2, 0) is 41.6 Å². The first-order valence-corrected chi connectivity index (χ1v) is 20.6. The number of nitrogens with one attached hydrogen (secondary N) is 4. The summed E-state index contributed by atoms with van der Waals surface area (Å²) in [6.45, 7) is 8.10. The smallest absolute Gasteiger partial charge is 0.326 e. The van der Waals surface area contributed by atoms with Gasteiger partial charge in [0.2, 0.25) is 29.5 Å². The number of phenols is 1. The van der Waals surface area contributed by atoms with Crippen molar-refractivity contribution in [1.29, 1.82) is 0 Å². The number of benzene rings is 1. The van der Waals surface area contributed by atoms with E-state index in [0.29, 0.717) is 75.6 Å². The van der Waals surface area contributed by atoms with Crippen molar-refractivity contribution in [3.63, 3.8) is 0 Å². The number of rotatable bonds is 13. The van der Waals surface area contributed by atoms with E-state index in [4.69, 9.17) is 5.73 Å². The molecule has 3 rings (SSSR count). The van der Waals surface area contributed by atoms with Gasteiger partial charge in [0, 0.05) is 19.4 Å². The Morgan fingerprint density at radius 2 is 1.73 bits per heavy atom. The lowest BCUT2D eigenvalue weighted by atomic mass is 9.95. The lowest BCUT2D eigenvalue weighted by Gasteiger charge is -2.31. The van der Waals surface area contributed by atoms with Gasteiger partial charge < -0.3 is 42.1 Å². The zero-order chi connectivity index (χ0) is 41.2. The minimum Gasteiger partial charge on any atom is -0.508 e. The maximum Gasteiger partial charge on any atom is 0.326 e. The van der Waals surface area contributed by atoms with E-state index in [9.17, 15) is 39.0 Å². The molecule has 1 aromatic rings. The Hall–Kier alpha value is -4.46. The molecule has 0 saturated carbocycles. The fraction of sp³-hybridized carbons (Fsp3) is 0.667. The molecule has 5 amide bonds. The van der Waals surface area contributed by atoms with Crippen LogP contribution in [0.25, 0.3) is 0 Å². The highest BCUT2D eigenvalue weighted by Gasteiger charge is 2.39. The van der Waals surface area contributed by atoms with Crippen LogP contribution in [0, 0.1) is 11.8 Å². The van der Waals surface area contributed by atoms with Gasteiger partial charge in [-0.3, -0.25) is 24.0 Å². The quantitative estimate of drug-likeness (QED) is 0.115. The monoisotopic (exact) mass is 782 g/mol. The number of amides is 5. The van der Waals surface area contributed by atoms with E-state index in [2.05, 4.69) is 27.3 Å². The number of unbranched alkanes of at least 4 members (excludes halogenated alkanes) is 1. The molecule has 1 aromatic carbocycles. The molecule has 0 radical (unpaired) electrons. The number of fused-ring (bicyclic) bond motifs is 3. The first-order chi connectivity index (χ1) is 26.7. The highest BCUT2D eigenvalue weighted by atomic mass is 16.4. The molecule has 2 aliphatic heterocycles. The lowest BCUT2D eigenvalue weighted by molar-refractivity contribution is -0.143. The molecule has 312 valence electrons. The summed E-state index contributed by atoms with van der Waals surface area (Å²) < 4.78 is 0. The van der Waals surface area contributed by atoms with Gasteiger partial charge in [0.1, 0.15) is 36.0 Å². The summed E-state index contributed by atoms with van der Waals surface area (Å²) in [6, 6.07) is -0.141. The fourth-order valence-corrected chi connectivity index (χ4v) is 7.30. The van der Waals surface area contributed by atoms with Crippen LogP contribution in [0.1, 0.15) is 122 Å². The molecule has 8 N–H and O–H groups in total. The van der Waals surface area contributed by atoms with Crippen molar-refractivity contribution in [1.82, 2.24) is 26.2 Å². The molecular weight excluding hydrogens is 716 g/mol. The second-order valence-corrected chi connectivity index (χ2v) is 15.9. The third kappa shape index (κ3) is 14.6. The molecule has 6 atom stereocenters. The lowest BCUT2D eigenvalue weighted by Crippen LogP contribution is -2.60. The predicted octanol–water partition coefficient (Wildman–Crippen LogP) is 3.62. The van der Waals surface area contributed by atoms with Crippen LogP contribution in [0.2, 0.25) is 0 Å². The maximum atomic E-state index is 14.3. The van der Waals surface area contributed by atoms with Crippen LogP contribution in [0.3, 0.4) is 0 Å². The second-order valence-electron chi connectivity index (χ2n) is 15.9. The number of hydrogen-bond donors (Lipinski definition) is 7. The zero-order valence-electron chi connectivity index (χ0n) is 33.8. The van der Waals surface area contributed by atoms with E-state index < -0.39 is 53.9 Å². The first-order valence-electron chi connectivity index (χ1n) is 20.6. The van der Waals surface area contributed by atoms with Crippen molar-refractivity contribution in [3.8, 4) is 5.75 Å². The molecule has 14 nitrogen and oxygen atoms in total. The van der Waals surface area contributed by atoms with Gasteiger partial charge in [-0.1, -0.05) is 71.2 Å². The summed E-state index contributed by atoms with van der Waals surface area (Å²) in [5.41, 5.74) is 7.03. The van der Waals surface area contributed by atoms with Gasteiger partial charge in [0.15, 0.2) is 0 Å². The number of allylic oxidation sites excluding steroid dienone is 2. The highest BCUT2D eigenvalue weighted by molar-refractivity contribution is 5.96. The summed E-state index contributed by atoms with van der Waals surface area (Å²) in [7, 11) is 0. The number of carboxylic acid groups (broad SMARTS) is 1. The Labute approximate surface area is 332 Å². The topological polar surface area (TPSA) is 220 Å². The summed E-state index contributed by atoms with van der Waals surface area (Å²) in [4.78, 5) is 82.6. The molecular formula is C42H66N6O8. The zero-order valence-corrected chi connectivity index (χ0v) is 33.8. The van der Waals surface area contributed by atoms with Crippen molar-refractivity contribution in [2.24, 2.45) is 17.6 Å². The number of carbonyl (C=O) groups excluding carboxylic acids is 5. The molecule has 0 unspecified atom stereocenters. The van der Waals surface area contributed by atoms with Crippen LogP contribution in [0.4, 0.5) is 0 Å². The van der Waals surface area contributed by atoms with Crippen molar-refractivity contribution < 1.29 is 39.0 Å². The van der Waals surface area contributed by atoms with Crippen LogP contribution >= 0.6 is 0 Å². The molecule has 14 heteroatoms. The summed E-state index contributed by atoms with van der Waals surface area (Å²) in [6.07, 6.45) is 12.4. The van der Waals surface area contributed by atoms with Crippen LogP contribution < -0.4 is 27.0 Å². The average Bonchev–Trinajstić information content (AvgIpc) is 3.65. The molecule has 0 spiro atoms. The normalized spacial score (nSPS) is 22.1. The third-order valence-electron chi connectivity index (χ3n) is 10.8. The van der Waals surface area contributed by atoms with Gasteiger partial charge in [-0.15, -0.1) is 0 Å². The summed E-state index contributed by atoms with van der Waals surface area (Å²) >= 11 is 0. The van der Waals surface area contributed by atoms with E-state index in [1.54, 1.807) is 25.1 Å². The summed E-state index contributed by atoms with van der Waals surface area (Å²) in [5.74, 6) is -3.87. The molecule has 0 aromatic heterocycles. The van der Waals surface area contributed by atoms with Gasteiger partial charge in [0.25, 0.3) is 0 Å². The number of nitrogens with zero attached hydrogens (tertiary/aromatic N) is 1. The highest BCUT2D eigenvalue weighted by Crippen LogP contribution is 2.23. The average molecular weight is 783 g/mol. The van der Waals surface area contributed by atoms with E-state index in [0.717, 1.165) is 25.7 Å². The van der Waals surface area contributed by atoms with E-state index >= 15 is 0 Å². The Morgan fingerprint density at radius 3 is 2.43 bits per heavy atom. The van der Waals surface area contributed by atoms with Crippen molar-refractivity contribution in [2.45, 2.75) is 154 Å². The Bertz CT molecular complexity index is 1520. The van der Waals surface area contributed by atoms with E-state index in [-0.39, 0.29) is 48.7 Å². The molecule has 56 heavy (non-hydrogen) atoms. The van der Waals surface area contributed by atoms with E-state index in [1.807, 2.05) is 26.8 Å². The van der Waals surface area contributed by atoms with Gasteiger partial charge in [-0.2, -0.15) is 0 Å². The van der Waals surface area contributed by atoms with Crippen LogP contribution in [0.5, 0.6) is 5.75 Å². The molecule has 1 fully saturated rings. The molecule has 1 saturated heterocycles. The van der Waals surface area contributed by atoms with Crippen molar-refractivity contribution in [3.05, 3.63) is 41.5 Å². The van der Waals surface area contributed by atoms with Gasteiger partial charge in [-0.05, 0) is 99.8 Å². The Morgan fingerprint density at radius 1 is 0.982 bits per heavy atom. The number of aliphatic carboxylic acids is 1. The SMILES string of the molecule is CC[C@H](C)[C@H](NC(=O)[C@H]1Cc2ccc(O)c(c2)CC=CCCCCCCC(=O)N[C@H](CCCCN)C(=O)N2CCC[C@H]2C(=O)N1)C(=O)N[C@@H](CC(C)C)C(=O)O. The molecule has 2 heterocycles. The number of carboxylic acids is 1. The van der Waals surface area contributed by atoms with Gasteiger partial charge in [-0.25, -0.2) is 4.79 Å². The van der Waals surface area contributed by atoms with E-state index in [1.165, 1.54) is 4.90 Å². The van der Waals surface area contributed by atoms with Gasteiger partial charge >= 0.3 is 5.97 Å². The Balaban J connectivity index is 1.98. The van der Waals surface area contributed by atoms with Crippen molar-refractivity contribution in [2.75, 3.05) is 13.1 Å². The number of nitrogens with two attached hydrogens (primary N) is 1. The maximum absolute atomic E-state index is 14.3.